The summed E-state index contributed by atoms with van der Waals surface area (Å²) in [7, 11) is 0. The van der Waals surface area contributed by atoms with Gasteiger partial charge in [0.1, 0.15) is 0 Å². The summed E-state index contributed by atoms with van der Waals surface area (Å²) in [5.41, 5.74) is 2.10. The van der Waals surface area contributed by atoms with Crippen LogP contribution in [0.1, 0.15) is 18.1 Å². The summed E-state index contributed by atoms with van der Waals surface area (Å²) in [6.45, 7) is 2.25. The number of rotatable bonds is 7. The van der Waals surface area contributed by atoms with Crippen LogP contribution in [0.3, 0.4) is 0 Å². The smallest absolute Gasteiger partial charge is 0.0895 e. The molecule has 0 fully saturated rings. The fourth-order valence-electron chi connectivity index (χ4n) is 2.48. The van der Waals surface area contributed by atoms with Crippen molar-refractivity contribution in [1.82, 2.24) is 5.32 Å². The number of hydrogen-bond acceptors (Lipinski definition) is 3. The summed E-state index contributed by atoms with van der Waals surface area (Å²) < 4.78 is 0. The van der Waals surface area contributed by atoms with E-state index in [1.165, 1.54) is 11.1 Å². The molecular formula is C18H23NO2. The van der Waals surface area contributed by atoms with Gasteiger partial charge >= 0.3 is 0 Å². The molecule has 21 heavy (non-hydrogen) atoms. The van der Waals surface area contributed by atoms with E-state index in [0.717, 1.165) is 6.42 Å². The molecule has 0 heterocycles. The van der Waals surface area contributed by atoms with E-state index in [1.807, 2.05) is 36.4 Å². The molecule has 2 rings (SSSR count). The quantitative estimate of drug-likeness (QED) is 0.730. The van der Waals surface area contributed by atoms with Gasteiger partial charge in [0.15, 0.2) is 0 Å². The van der Waals surface area contributed by atoms with Gasteiger partial charge in [-0.15, -0.1) is 0 Å². The first-order valence-electron chi connectivity index (χ1n) is 7.27. The Labute approximate surface area is 126 Å². The SMILES string of the molecule is CC(Cc1ccccc1)(NC[C@H](O)CO)c1ccccc1. The Balaban J connectivity index is 2.21. The van der Waals surface area contributed by atoms with Gasteiger partial charge in [-0.25, -0.2) is 0 Å². The largest absolute Gasteiger partial charge is 0.394 e. The molecule has 2 aromatic rings. The lowest BCUT2D eigenvalue weighted by Crippen LogP contribution is -2.45. The van der Waals surface area contributed by atoms with Crippen LogP contribution in [0, 0.1) is 0 Å². The van der Waals surface area contributed by atoms with E-state index in [2.05, 4.69) is 36.5 Å². The van der Waals surface area contributed by atoms with Crippen LogP contribution in [0.15, 0.2) is 60.7 Å². The first-order chi connectivity index (χ1) is 10.1. The minimum atomic E-state index is -0.746. The maximum absolute atomic E-state index is 9.62. The molecule has 0 aromatic heterocycles. The number of aliphatic hydroxyl groups is 2. The van der Waals surface area contributed by atoms with Gasteiger partial charge in [-0.3, -0.25) is 0 Å². The Morgan fingerprint density at radius 3 is 2.14 bits per heavy atom. The van der Waals surface area contributed by atoms with Crippen molar-refractivity contribution in [3.05, 3.63) is 71.8 Å². The molecule has 0 aliphatic carbocycles. The molecule has 2 aromatic carbocycles. The molecule has 1 unspecified atom stereocenters. The Bertz CT molecular complexity index is 529. The van der Waals surface area contributed by atoms with Crippen molar-refractivity contribution >= 4 is 0 Å². The van der Waals surface area contributed by atoms with Crippen LogP contribution in [0.2, 0.25) is 0 Å². The normalized spacial score (nSPS) is 15.4. The Hall–Kier alpha value is -1.68. The predicted molar refractivity (Wildman–Crippen MR) is 85.0 cm³/mol. The van der Waals surface area contributed by atoms with E-state index in [1.54, 1.807) is 0 Å². The Kier molecular flexibility index (Phi) is 5.51. The molecular weight excluding hydrogens is 262 g/mol. The van der Waals surface area contributed by atoms with Gasteiger partial charge in [-0.2, -0.15) is 0 Å². The number of aliphatic hydroxyl groups excluding tert-OH is 2. The highest BCUT2D eigenvalue weighted by atomic mass is 16.3. The summed E-state index contributed by atoms with van der Waals surface area (Å²) in [5.74, 6) is 0. The van der Waals surface area contributed by atoms with Crippen molar-refractivity contribution in [2.45, 2.75) is 25.0 Å². The number of nitrogens with one attached hydrogen (secondary N) is 1. The summed E-state index contributed by atoms with van der Waals surface area (Å²) in [6.07, 6.45) is 0.0690. The highest BCUT2D eigenvalue weighted by Gasteiger charge is 2.26. The molecule has 0 saturated heterocycles. The molecule has 0 radical (unpaired) electrons. The molecule has 112 valence electrons. The van der Waals surface area contributed by atoms with Gasteiger partial charge in [0.25, 0.3) is 0 Å². The van der Waals surface area contributed by atoms with Crippen molar-refractivity contribution in [3.8, 4) is 0 Å². The zero-order valence-electron chi connectivity index (χ0n) is 12.4. The zero-order valence-corrected chi connectivity index (χ0v) is 12.4. The number of hydrogen-bond donors (Lipinski definition) is 3. The Morgan fingerprint density at radius 1 is 1.00 bits per heavy atom. The van der Waals surface area contributed by atoms with E-state index in [-0.39, 0.29) is 12.1 Å². The molecule has 3 heteroatoms. The van der Waals surface area contributed by atoms with Crippen LogP contribution in [0.25, 0.3) is 0 Å². The van der Waals surface area contributed by atoms with Crippen LogP contribution in [-0.2, 0) is 12.0 Å². The van der Waals surface area contributed by atoms with Gasteiger partial charge in [-0.1, -0.05) is 60.7 Å². The second-order valence-corrected chi connectivity index (χ2v) is 5.58. The molecule has 0 amide bonds. The maximum Gasteiger partial charge on any atom is 0.0895 e. The lowest BCUT2D eigenvalue weighted by atomic mass is 9.85. The van der Waals surface area contributed by atoms with E-state index in [4.69, 9.17) is 5.11 Å². The molecule has 0 spiro atoms. The molecule has 3 N–H and O–H groups in total. The molecule has 0 aliphatic rings. The minimum absolute atomic E-state index is 0.233. The summed E-state index contributed by atoms with van der Waals surface area (Å²) in [4.78, 5) is 0. The Morgan fingerprint density at radius 2 is 1.57 bits per heavy atom. The van der Waals surface area contributed by atoms with Gasteiger partial charge in [0.05, 0.1) is 12.7 Å². The zero-order chi connectivity index (χ0) is 15.1. The summed E-state index contributed by atoms with van der Waals surface area (Å²) >= 11 is 0. The van der Waals surface area contributed by atoms with Crippen molar-refractivity contribution in [1.29, 1.82) is 0 Å². The lowest BCUT2D eigenvalue weighted by molar-refractivity contribution is 0.0863. The maximum atomic E-state index is 9.62. The van der Waals surface area contributed by atoms with Crippen LogP contribution in [0.5, 0.6) is 0 Å². The van der Waals surface area contributed by atoms with Crippen molar-refractivity contribution in [2.75, 3.05) is 13.2 Å². The van der Waals surface area contributed by atoms with E-state index in [0.29, 0.717) is 6.54 Å². The minimum Gasteiger partial charge on any atom is -0.394 e. The van der Waals surface area contributed by atoms with E-state index >= 15 is 0 Å². The van der Waals surface area contributed by atoms with E-state index < -0.39 is 6.10 Å². The van der Waals surface area contributed by atoms with Crippen LogP contribution in [0.4, 0.5) is 0 Å². The second kappa shape index (κ2) is 7.36. The van der Waals surface area contributed by atoms with Crippen LogP contribution >= 0.6 is 0 Å². The fourth-order valence-corrected chi connectivity index (χ4v) is 2.48. The van der Waals surface area contributed by atoms with Gasteiger partial charge in [-0.05, 0) is 24.5 Å². The molecule has 0 aliphatic heterocycles. The second-order valence-electron chi connectivity index (χ2n) is 5.58. The average Bonchev–Trinajstić information content (AvgIpc) is 2.54. The van der Waals surface area contributed by atoms with Crippen LogP contribution < -0.4 is 5.32 Å². The topological polar surface area (TPSA) is 52.5 Å². The third-order valence-electron chi connectivity index (χ3n) is 3.75. The highest BCUT2D eigenvalue weighted by Crippen LogP contribution is 2.25. The first-order valence-corrected chi connectivity index (χ1v) is 7.27. The molecule has 0 bridgehead atoms. The van der Waals surface area contributed by atoms with Crippen molar-refractivity contribution in [2.24, 2.45) is 0 Å². The highest BCUT2D eigenvalue weighted by molar-refractivity contribution is 5.28. The standard InChI is InChI=1S/C18H23NO2/c1-18(19-13-17(21)14-20,16-10-6-3-7-11-16)12-15-8-4-2-5-9-15/h2-11,17,19-21H,12-14H2,1H3/t17-,18?/m0/s1. The third-order valence-corrected chi connectivity index (χ3v) is 3.75. The van der Waals surface area contributed by atoms with E-state index in [9.17, 15) is 5.11 Å². The van der Waals surface area contributed by atoms with Gasteiger partial charge in [0.2, 0.25) is 0 Å². The molecule has 2 atom stereocenters. The van der Waals surface area contributed by atoms with Gasteiger partial charge in [0, 0.05) is 12.1 Å². The summed E-state index contributed by atoms with van der Waals surface area (Å²) in [5, 5.41) is 22.0. The predicted octanol–water partition coefficient (Wildman–Crippen LogP) is 2.09. The van der Waals surface area contributed by atoms with Crippen molar-refractivity contribution < 1.29 is 10.2 Å². The van der Waals surface area contributed by atoms with Crippen LogP contribution in [-0.4, -0.2) is 29.5 Å². The van der Waals surface area contributed by atoms with Crippen molar-refractivity contribution in [3.63, 3.8) is 0 Å². The average molecular weight is 285 g/mol. The molecule has 3 nitrogen and oxygen atoms in total. The monoisotopic (exact) mass is 285 g/mol. The third kappa shape index (κ3) is 4.39. The van der Waals surface area contributed by atoms with Gasteiger partial charge < -0.3 is 15.5 Å². The fraction of sp³-hybridized carbons (Fsp3) is 0.333. The summed E-state index contributed by atoms with van der Waals surface area (Å²) in [6, 6.07) is 20.5. The lowest BCUT2D eigenvalue weighted by Gasteiger charge is -2.33. The molecule has 0 saturated carbocycles. The number of benzene rings is 2. The first kappa shape index (κ1) is 15.7.